The molecule has 1 aromatic carbocycles. The molecule has 0 fully saturated rings. The molecule has 0 bridgehead atoms. The van der Waals surface area contributed by atoms with Crippen LogP contribution in [0.4, 0.5) is 8.78 Å². The van der Waals surface area contributed by atoms with Crippen LogP contribution in [0.25, 0.3) is 0 Å². The Bertz CT molecular complexity index is 310. The smallest absolute Gasteiger partial charge is 0.174 e. The van der Waals surface area contributed by atoms with Crippen molar-refractivity contribution in [1.82, 2.24) is 0 Å². The van der Waals surface area contributed by atoms with E-state index in [1.54, 1.807) is 13.0 Å². The Balaban J connectivity index is 3.39. The Labute approximate surface area is 86.2 Å². The van der Waals surface area contributed by atoms with Crippen LogP contribution >= 0.6 is 31.9 Å². The van der Waals surface area contributed by atoms with E-state index in [1.807, 2.05) is 0 Å². The van der Waals surface area contributed by atoms with Gasteiger partial charge in [0.25, 0.3) is 0 Å². The molecule has 0 aliphatic carbocycles. The first kappa shape index (κ1) is 10.1. The van der Waals surface area contributed by atoms with Crippen LogP contribution in [0.3, 0.4) is 0 Å². The SMILES string of the molecule is CCc1cc(Br)c(Br)c(F)c1F. The molecule has 0 aliphatic rings. The molecule has 0 amide bonds. The molecule has 0 radical (unpaired) electrons. The first-order valence-electron chi connectivity index (χ1n) is 3.39. The van der Waals surface area contributed by atoms with Gasteiger partial charge in [0, 0.05) is 4.47 Å². The van der Waals surface area contributed by atoms with Crippen molar-refractivity contribution in [2.45, 2.75) is 13.3 Å². The van der Waals surface area contributed by atoms with E-state index >= 15 is 0 Å². The van der Waals surface area contributed by atoms with Crippen molar-refractivity contribution in [1.29, 1.82) is 0 Å². The van der Waals surface area contributed by atoms with Crippen LogP contribution in [0.15, 0.2) is 15.0 Å². The highest BCUT2D eigenvalue weighted by molar-refractivity contribution is 9.13. The number of aryl methyl sites for hydroxylation is 1. The lowest BCUT2D eigenvalue weighted by molar-refractivity contribution is 0.494. The minimum atomic E-state index is -0.832. The fourth-order valence-corrected chi connectivity index (χ4v) is 1.62. The number of benzene rings is 1. The lowest BCUT2D eigenvalue weighted by atomic mass is 10.1. The van der Waals surface area contributed by atoms with Gasteiger partial charge in [-0.15, -0.1) is 0 Å². The van der Waals surface area contributed by atoms with Crippen LogP contribution in [0.1, 0.15) is 12.5 Å². The molecular weight excluding hydrogens is 294 g/mol. The van der Waals surface area contributed by atoms with E-state index in [0.717, 1.165) is 0 Å². The molecule has 0 saturated carbocycles. The maximum Gasteiger partial charge on any atom is 0.174 e. The molecule has 1 rings (SSSR count). The molecular formula is C8H6Br2F2. The molecule has 12 heavy (non-hydrogen) atoms. The summed E-state index contributed by atoms with van der Waals surface area (Å²) in [5, 5.41) is 0. The normalized spacial score (nSPS) is 10.4. The predicted octanol–water partition coefficient (Wildman–Crippen LogP) is 4.05. The second kappa shape index (κ2) is 3.83. The van der Waals surface area contributed by atoms with Crippen LogP contribution in [-0.4, -0.2) is 0 Å². The average molecular weight is 300 g/mol. The first-order chi connectivity index (χ1) is 5.57. The minimum absolute atomic E-state index is 0.136. The van der Waals surface area contributed by atoms with Crippen molar-refractivity contribution in [2.75, 3.05) is 0 Å². The van der Waals surface area contributed by atoms with Gasteiger partial charge in [-0.2, -0.15) is 0 Å². The fourth-order valence-electron chi connectivity index (χ4n) is 0.879. The number of halogens is 4. The van der Waals surface area contributed by atoms with Gasteiger partial charge in [0.15, 0.2) is 11.6 Å². The highest BCUT2D eigenvalue weighted by Crippen LogP contribution is 2.29. The molecule has 0 nitrogen and oxygen atoms in total. The molecule has 0 unspecified atom stereocenters. The summed E-state index contributed by atoms with van der Waals surface area (Å²) in [7, 11) is 0. The van der Waals surface area contributed by atoms with Crippen molar-refractivity contribution >= 4 is 31.9 Å². The molecule has 1 aromatic rings. The molecule has 0 atom stereocenters. The Morgan fingerprint density at radius 3 is 2.33 bits per heavy atom. The van der Waals surface area contributed by atoms with Gasteiger partial charge in [0.05, 0.1) is 4.47 Å². The van der Waals surface area contributed by atoms with Gasteiger partial charge in [-0.25, -0.2) is 8.78 Å². The molecule has 0 heterocycles. The van der Waals surface area contributed by atoms with Crippen molar-refractivity contribution in [3.63, 3.8) is 0 Å². The van der Waals surface area contributed by atoms with Crippen LogP contribution in [-0.2, 0) is 6.42 Å². The maximum absolute atomic E-state index is 13.0. The number of rotatable bonds is 1. The molecule has 66 valence electrons. The Kier molecular flexibility index (Phi) is 3.23. The topological polar surface area (TPSA) is 0 Å². The Hall–Kier alpha value is 0.0400. The van der Waals surface area contributed by atoms with E-state index < -0.39 is 11.6 Å². The van der Waals surface area contributed by atoms with E-state index in [4.69, 9.17) is 0 Å². The zero-order chi connectivity index (χ0) is 9.30. The van der Waals surface area contributed by atoms with Crippen LogP contribution < -0.4 is 0 Å². The second-order valence-corrected chi connectivity index (χ2v) is 3.96. The van der Waals surface area contributed by atoms with E-state index in [0.29, 0.717) is 16.5 Å². The standard InChI is InChI=1S/C8H6Br2F2/c1-2-4-3-5(9)6(10)8(12)7(4)11/h3H,2H2,1H3. The van der Waals surface area contributed by atoms with Gasteiger partial charge in [0.1, 0.15) is 0 Å². The summed E-state index contributed by atoms with van der Waals surface area (Å²) < 4.78 is 26.7. The predicted molar refractivity (Wildman–Crippen MR) is 51.1 cm³/mol. The Morgan fingerprint density at radius 1 is 1.25 bits per heavy atom. The van der Waals surface area contributed by atoms with Gasteiger partial charge in [-0.1, -0.05) is 6.92 Å². The summed E-state index contributed by atoms with van der Waals surface area (Å²) in [4.78, 5) is 0. The van der Waals surface area contributed by atoms with Gasteiger partial charge in [-0.3, -0.25) is 0 Å². The summed E-state index contributed by atoms with van der Waals surface area (Å²) in [5.41, 5.74) is 0.377. The molecule has 0 aromatic heterocycles. The lowest BCUT2D eigenvalue weighted by Crippen LogP contribution is -1.94. The van der Waals surface area contributed by atoms with E-state index in [2.05, 4.69) is 31.9 Å². The third-order valence-electron chi connectivity index (χ3n) is 1.56. The summed E-state index contributed by atoms with van der Waals surface area (Å²) in [6.07, 6.45) is 0.481. The highest BCUT2D eigenvalue weighted by Gasteiger charge is 2.13. The zero-order valence-electron chi connectivity index (χ0n) is 6.30. The summed E-state index contributed by atoms with van der Waals surface area (Å²) >= 11 is 6.05. The second-order valence-electron chi connectivity index (χ2n) is 2.31. The minimum Gasteiger partial charge on any atom is -0.203 e. The van der Waals surface area contributed by atoms with Crippen molar-refractivity contribution in [3.05, 3.63) is 32.2 Å². The van der Waals surface area contributed by atoms with E-state index in [9.17, 15) is 8.78 Å². The molecule has 0 aliphatic heterocycles. The molecule has 4 heteroatoms. The maximum atomic E-state index is 13.0. The van der Waals surface area contributed by atoms with E-state index in [-0.39, 0.29) is 4.47 Å². The first-order valence-corrected chi connectivity index (χ1v) is 4.98. The van der Waals surface area contributed by atoms with Crippen molar-refractivity contribution in [3.8, 4) is 0 Å². The zero-order valence-corrected chi connectivity index (χ0v) is 9.47. The van der Waals surface area contributed by atoms with Crippen LogP contribution in [0.2, 0.25) is 0 Å². The van der Waals surface area contributed by atoms with Gasteiger partial charge >= 0.3 is 0 Å². The summed E-state index contributed by atoms with van der Waals surface area (Å²) in [6, 6.07) is 1.57. The summed E-state index contributed by atoms with van der Waals surface area (Å²) in [6.45, 7) is 1.78. The van der Waals surface area contributed by atoms with Crippen molar-refractivity contribution < 1.29 is 8.78 Å². The fraction of sp³-hybridized carbons (Fsp3) is 0.250. The third-order valence-corrected chi connectivity index (χ3v) is 3.49. The largest absolute Gasteiger partial charge is 0.203 e. The highest BCUT2D eigenvalue weighted by atomic mass is 79.9. The van der Waals surface area contributed by atoms with Crippen molar-refractivity contribution in [2.24, 2.45) is 0 Å². The van der Waals surface area contributed by atoms with Gasteiger partial charge in [0.2, 0.25) is 0 Å². The van der Waals surface area contributed by atoms with Crippen LogP contribution in [0, 0.1) is 11.6 Å². The monoisotopic (exact) mass is 298 g/mol. The summed E-state index contributed by atoms with van der Waals surface area (Å²) in [5.74, 6) is -1.60. The quantitative estimate of drug-likeness (QED) is 0.542. The van der Waals surface area contributed by atoms with Gasteiger partial charge < -0.3 is 0 Å². The number of hydrogen-bond donors (Lipinski definition) is 0. The van der Waals surface area contributed by atoms with Crippen LogP contribution in [0.5, 0.6) is 0 Å². The molecule has 0 N–H and O–H groups in total. The van der Waals surface area contributed by atoms with Gasteiger partial charge in [-0.05, 0) is 49.9 Å². The molecule has 0 saturated heterocycles. The Morgan fingerprint density at radius 2 is 1.83 bits per heavy atom. The molecule has 0 spiro atoms. The lowest BCUT2D eigenvalue weighted by Gasteiger charge is -2.04. The third kappa shape index (κ3) is 1.69. The van der Waals surface area contributed by atoms with E-state index in [1.165, 1.54) is 0 Å². The number of hydrogen-bond acceptors (Lipinski definition) is 0. The average Bonchev–Trinajstić information content (AvgIpc) is 2.08.